The van der Waals surface area contributed by atoms with Gasteiger partial charge in [-0.3, -0.25) is 0 Å². The van der Waals surface area contributed by atoms with Crippen molar-refractivity contribution >= 4 is 12.2 Å². The second-order valence-electron chi connectivity index (χ2n) is 4.15. The molecule has 2 aromatic carbocycles. The summed E-state index contributed by atoms with van der Waals surface area (Å²) in [4.78, 5) is 0. The maximum atomic E-state index is 2.14. The van der Waals surface area contributed by atoms with Gasteiger partial charge in [-0.25, -0.2) is 0 Å². The molecular weight excluding hydrogens is 204 g/mol. The molecule has 88 valence electrons. The lowest BCUT2D eigenvalue weighted by molar-refractivity contribution is 1.46. The molecule has 0 nitrogen and oxygen atoms in total. The summed E-state index contributed by atoms with van der Waals surface area (Å²) >= 11 is 0. The van der Waals surface area contributed by atoms with E-state index in [9.17, 15) is 0 Å². The molecule has 2 aromatic rings. The summed E-state index contributed by atoms with van der Waals surface area (Å²) in [7, 11) is 0. The van der Waals surface area contributed by atoms with Gasteiger partial charge >= 0.3 is 0 Å². The molecule has 0 aromatic heterocycles. The molecule has 0 heteroatoms. The molecule has 2 rings (SSSR count). The number of aryl methyl sites for hydroxylation is 2. The van der Waals surface area contributed by atoms with Crippen molar-refractivity contribution in [2.75, 3.05) is 0 Å². The Bertz CT molecular complexity index is 425. The largest absolute Gasteiger partial charge is 0.0776 e. The summed E-state index contributed by atoms with van der Waals surface area (Å²) < 4.78 is 0. The highest BCUT2D eigenvalue weighted by atomic mass is 13.9. The Morgan fingerprint density at radius 3 is 1.18 bits per heavy atom. The molecule has 0 aliphatic carbocycles. The molecule has 0 heterocycles. The van der Waals surface area contributed by atoms with E-state index < -0.39 is 0 Å². The lowest BCUT2D eigenvalue weighted by Crippen LogP contribution is -1.75. The van der Waals surface area contributed by atoms with Crippen LogP contribution in [-0.4, -0.2) is 0 Å². The van der Waals surface area contributed by atoms with Crippen LogP contribution in [0.1, 0.15) is 29.7 Å². The van der Waals surface area contributed by atoms with Gasteiger partial charge in [-0.2, -0.15) is 0 Å². The molecule has 0 N–H and O–H groups in total. The standard InChI is InChI=1S/C16H16.CH4/c1-13-3-7-15(8-4-13)11-12-16-9-5-14(2)6-10-16;/h3-12H,1-2H3;1H4. The lowest BCUT2D eigenvalue weighted by Gasteiger charge is -1.96. The fourth-order valence-corrected chi connectivity index (χ4v) is 1.55. The van der Waals surface area contributed by atoms with Gasteiger partial charge in [-0.05, 0) is 25.0 Å². The molecule has 0 unspecified atom stereocenters. The summed E-state index contributed by atoms with van der Waals surface area (Å²) in [5.74, 6) is 0. The molecule has 0 aliphatic rings. The van der Waals surface area contributed by atoms with Crippen LogP contribution in [0.25, 0.3) is 12.2 Å². The maximum absolute atomic E-state index is 2.14. The van der Waals surface area contributed by atoms with E-state index in [1.165, 1.54) is 22.3 Å². The van der Waals surface area contributed by atoms with Crippen LogP contribution in [0, 0.1) is 13.8 Å². The van der Waals surface area contributed by atoms with Crippen LogP contribution < -0.4 is 0 Å². The van der Waals surface area contributed by atoms with Gasteiger partial charge in [-0.1, -0.05) is 79.2 Å². The van der Waals surface area contributed by atoms with Crippen LogP contribution >= 0.6 is 0 Å². The van der Waals surface area contributed by atoms with E-state index in [4.69, 9.17) is 0 Å². The summed E-state index contributed by atoms with van der Waals surface area (Å²) in [6.45, 7) is 4.21. The Morgan fingerprint density at radius 1 is 0.588 bits per heavy atom. The topological polar surface area (TPSA) is 0 Å². The molecular formula is C17H20. The Hall–Kier alpha value is -1.82. The van der Waals surface area contributed by atoms with Crippen LogP contribution in [0.2, 0.25) is 0 Å². The molecule has 0 saturated carbocycles. The third-order valence-corrected chi connectivity index (χ3v) is 2.62. The second kappa shape index (κ2) is 6.05. The third-order valence-electron chi connectivity index (χ3n) is 2.62. The quantitative estimate of drug-likeness (QED) is 0.622. The Balaban J connectivity index is 0.00000144. The van der Waals surface area contributed by atoms with Gasteiger partial charge in [0.15, 0.2) is 0 Å². The zero-order valence-corrected chi connectivity index (χ0v) is 9.77. The van der Waals surface area contributed by atoms with Crippen molar-refractivity contribution in [3.05, 3.63) is 70.8 Å². The van der Waals surface area contributed by atoms with E-state index in [0.29, 0.717) is 0 Å². The van der Waals surface area contributed by atoms with Gasteiger partial charge in [0.05, 0.1) is 0 Å². The highest BCUT2D eigenvalue weighted by Gasteiger charge is 1.88. The van der Waals surface area contributed by atoms with Crippen molar-refractivity contribution in [2.24, 2.45) is 0 Å². The highest BCUT2D eigenvalue weighted by Crippen LogP contribution is 2.10. The Kier molecular flexibility index (Phi) is 4.71. The molecule has 0 fully saturated rings. The summed E-state index contributed by atoms with van der Waals surface area (Å²) in [6, 6.07) is 17.1. The van der Waals surface area contributed by atoms with Crippen LogP contribution in [0.4, 0.5) is 0 Å². The first-order valence-electron chi connectivity index (χ1n) is 5.55. The monoisotopic (exact) mass is 224 g/mol. The molecule has 0 spiro atoms. The summed E-state index contributed by atoms with van der Waals surface area (Å²) in [6.07, 6.45) is 4.29. The fraction of sp³-hybridized carbons (Fsp3) is 0.176. The number of rotatable bonds is 2. The molecule has 17 heavy (non-hydrogen) atoms. The zero-order chi connectivity index (χ0) is 11.4. The first kappa shape index (κ1) is 13.2. The minimum absolute atomic E-state index is 0. The molecule has 0 saturated heterocycles. The SMILES string of the molecule is C.Cc1ccc(C=Cc2ccc(C)cc2)cc1. The molecule has 0 radical (unpaired) electrons. The highest BCUT2D eigenvalue weighted by molar-refractivity contribution is 5.69. The van der Waals surface area contributed by atoms with E-state index in [-0.39, 0.29) is 7.43 Å². The van der Waals surface area contributed by atoms with E-state index in [1.54, 1.807) is 0 Å². The molecule has 0 amide bonds. The number of hydrogen-bond acceptors (Lipinski definition) is 0. The lowest BCUT2D eigenvalue weighted by atomic mass is 10.1. The average Bonchev–Trinajstić information content (AvgIpc) is 2.30. The normalized spacial score (nSPS) is 10.2. The van der Waals surface area contributed by atoms with E-state index in [2.05, 4.69) is 74.5 Å². The van der Waals surface area contributed by atoms with Crippen LogP contribution in [0.3, 0.4) is 0 Å². The first-order chi connectivity index (χ1) is 7.74. The van der Waals surface area contributed by atoms with Crippen molar-refractivity contribution in [1.82, 2.24) is 0 Å². The zero-order valence-electron chi connectivity index (χ0n) is 9.77. The Morgan fingerprint density at radius 2 is 0.882 bits per heavy atom. The van der Waals surface area contributed by atoms with Crippen molar-refractivity contribution in [3.63, 3.8) is 0 Å². The summed E-state index contributed by atoms with van der Waals surface area (Å²) in [5.41, 5.74) is 5.08. The predicted octanol–water partition coefficient (Wildman–Crippen LogP) is 5.11. The molecule has 0 bridgehead atoms. The van der Waals surface area contributed by atoms with Crippen molar-refractivity contribution in [2.45, 2.75) is 21.3 Å². The van der Waals surface area contributed by atoms with Gasteiger partial charge < -0.3 is 0 Å². The smallest absolute Gasteiger partial charge is 0.0256 e. The van der Waals surface area contributed by atoms with Crippen molar-refractivity contribution in [1.29, 1.82) is 0 Å². The van der Waals surface area contributed by atoms with Gasteiger partial charge in [-0.15, -0.1) is 0 Å². The van der Waals surface area contributed by atoms with Gasteiger partial charge in [0.2, 0.25) is 0 Å². The second-order valence-corrected chi connectivity index (χ2v) is 4.15. The van der Waals surface area contributed by atoms with Crippen molar-refractivity contribution in [3.8, 4) is 0 Å². The molecule has 0 atom stereocenters. The van der Waals surface area contributed by atoms with Gasteiger partial charge in [0.1, 0.15) is 0 Å². The summed E-state index contributed by atoms with van der Waals surface area (Å²) in [5, 5.41) is 0. The van der Waals surface area contributed by atoms with E-state index in [0.717, 1.165) is 0 Å². The maximum Gasteiger partial charge on any atom is -0.0256 e. The minimum Gasteiger partial charge on any atom is -0.0776 e. The van der Waals surface area contributed by atoms with E-state index in [1.807, 2.05) is 0 Å². The third kappa shape index (κ3) is 3.92. The van der Waals surface area contributed by atoms with Crippen LogP contribution in [0.5, 0.6) is 0 Å². The van der Waals surface area contributed by atoms with Gasteiger partial charge in [0.25, 0.3) is 0 Å². The van der Waals surface area contributed by atoms with Crippen LogP contribution in [-0.2, 0) is 0 Å². The average molecular weight is 224 g/mol. The van der Waals surface area contributed by atoms with Crippen molar-refractivity contribution < 1.29 is 0 Å². The Labute approximate surface area is 105 Å². The first-order valence-corrected chi connectivity index (χ1v) is 5.55. The van der Waals surface area contributed by atoms with Crippen LogP contribution in [0.15, 0.2) is 48.5 Å². The molecule has 0 aliphatic heterocycles. The minimum atomic E-state index is 0. The fourth-order valence-electron chi connectivity index (χ4n) is 1.55. The number of hydrogen-bond donors (Lipinski definition) is 0. The predicted molar refractivity (Wildman–Crippen MR) is 78.0 cm³/mol. The van der Waals surface area contributed by atoms with Gasteiger partial charge in [0, 0.05) is 0 Å². The number of benzene rings is 2. The van der Waals surface area contributed by atoms with E-state index >= 15 is 0 Å².